The second kappa shape index (κ2) is 8.05. The summed E-state index contributed by atoms with van der Waals surface area (Å²) in [5, 5.41) is 0. The van der Waals surface area contributed by atoms with Crippen molar-refractivity contribution in [2.45, 2.75) is 25.8 Å². The lowest BCUT2D eigenvalue weighted by atomic mass is 9.96. The van der Waals surface area contributed by atoms with Gasteiger partial charge < -0.3 is 15.2 Å². The van der Waals surface area contributed by atoms with Gasteiger partial charge in [0, 0.05) is 39.4 Å². The van der Waals surface area contributed by atoms with Crippen LogP contribution in [0.5, 0.6) is 0 Å². The zero-order valence-electron chi connectivity index (χ0n) is 10.6. The molecule has 0 aliphatic carbocycles. The smallest absolute Gasteiger partial charge is 0.0589 e. The van der Waals surface area contributed by atoms with Crippen LogP contribution < -0.4 is 5.73 Å². The molecule has 0 amide bonds. The fourth-order valence-electron chi connectivity index (χ4n) is 1.55. The first-order chi connectivity index (χ1) is 7.14. The molecule has 2 N–H and O–H groups in total. The average Bonchev–Trinajstić information content (AvgIpc) is 2.28. The van der Waals surface area contributed by atoms with E-state index in [0.29, 0.717) is 6.54 Å². The van der Waals surface area contributed by atoms with Gasteiger partial charge in [0.25, 0.3) is 0 Å². The van der Waals surface area contributed by atoms with Crippen molar-refractivity contribution in [3.05, 3.63) is 0 Å². The third kappa shape index (κ3) is 4.93. The molecule has 0 aromatic heterocycles. The fraction of sp³-hybridized carbons (Fsp3) is 1.00. The monoisotopic (exact) mass is 218 g/mol. The highest BCUT2D eigenvalue weighted by atomic mass is 16.5. The maximum Gasteiger partial charge on any atom is 0.0589 e. The topological polar surface area (TPSA) is 47.7 Å². The Bertz CT molecular complexity index is 142. The van der Waals surface area contributed by atoms with Gasteiger partial charge >= 0.3 is 0 Å². The van der Waals surface area contributed by atoms with Crippen molar-refractivity contribution in [2.75, 3.05) is 47.1 Å². The van der Waals surface area contributed by atoms with Gasteiger partial charge in [0.1, 0.15) is 0 Å². The number of nitrogens with zero attached hydrogens (tertiary/aromatic N) is 1. The third-order valence-electron chi connectivity index (χ3n) is 3.10. The van der Waals surface area contributed by atoms with Gasteiger partial charge in [-0.2, -0.15) is 0 Å². The van der Waals surface area contributed by atoms with Crippen LogP contribution in [0.25, 0.3) is 0 Å². The normalized spacial score (nSPS) is 15.6. The lowest BCUT2D eigenvalue weighted by molar-refractivity contribution is 0.0440. The second-order valence-corrected chi connectivity index (χ2v) is 4.03. The highest BCUT2D eigenvalue weighted by molar-refractivity contribution is 4.85. The molecule has 1 atom stereocenters. The third-order valence-corrected chi connectivity index (χ3v) is 3.10. The van der Waals surface area contributed by atoms with Crippen LogP contribution >= 0.6 is 0 Å². The molecule has 0 saturated carbocycles. The first-order valence-corrected chi connectivity index (χ1v) is 5.57. The molecule has 0 aliphatic heterocycles. The molecule has 4 nitrogen and oxygen atoms in total. The number of rotatable bonds is 9. The van der Waals surface area contributed by atoms with Gasteiger partial charge in [-0.05, 0) is 13.3 Å². The summed E-state index contributed by atoms with van der Waals surface area (Å²) in [6, 6.07) is 0. The lowest BCUT2D eigenvalue weighted by Crippen LogP contribution is -2.53. The highest BCUT2D eigenvalue weighted by Crippen LogP contribution is 2.17. The minimum Gasteiger partial charge on any atom is -0.383 e. The maximum atomic E-state index is 5.84. The number of methoxy groups -OCH3 is 2. The van der Waals surface area contributed by atoms with E-state index >= 15 is 0 Å². The summed E-state index contributed by atoms with van der Waals surface area (Å²) in [6.45, 7) is 8.30. The summed E-state index contributed by atoms with van der Waals surface area (Å²) in [5.74, 6) is 0. The first-order valence-electron chi connectivity index (χ1n) is 5.57. The van der Waals surface area contributed by atoms with Crippen LogP contribution in [0.3, 0.4) is 0 Å². The van der Waals surface area contributed by atoms with Crippen LogP contribution in [-0.2, 0) is 9.47 Å². The van der Waals surface area contributed by atoms with Crippen LogP contribution in [0.2, 0.25) is 0 Å². The van der Waals surface area contributed by atoms with Crippen LogP contribution in [0.15, 0.2) is 0 Å². The predicted octanol–water partition coefficient (Wildman–Crippen LogP) is 0.709. The molecule has 0 bridgehead atoms. The summed E-state index contributed by atoms with van der Waals surface area (Å²) < 4.78 is 10.2. The Morgan fingerprint density at radius 2 is 1.60 bits per heavy atom. The van der Waals surface area contributed by atoms with E-state index in [1.54, 1.807) is 14.2 Å². The van der Waals surface area contributed by atoms with Gasteiger partial charge in [0.15, 0.2) is 0 Å². The molecule has 4 heteroatoms. The molecule has 0 aromatic rings. The van der Waals surface area contributed by atoms with Crippen molar-refractivity contribution >= 4 is 0 Å². The minimum atomic E-state index is 0.0526. The number of ether oxygens (including phenoxy) is 2. The second-order valence-electron chi connectivity index (χ2n) is 4.03. The van der Waals surface area contributed by atoms with Crippen molar-refractivity contribution in [1.29, 1.82) is 0 Å². The van der Waals surface area contributed by atoms with Crippen molar-refractivity contribution in [3.8, 4) is 0 Å². The zero-order chi connectivity index (χ0) is 11.7. The summed E-state index contributed by atoms with van der Waals surface area (Å²) in [6.07, 6.45) is 1.04. The van der Waals surface area contributed by atoms with Crippen LogP contribution in [0.4, 0.5) is 0 Å². The van der Waals surface area contributed by atoms with Gasteiger partial charge in [-0.25, -0.2) is 0 Å². The molecule has 0 radical (unpaired) electrons. The molecule has 1 unspecified atom stereocenters. The van der Waals surface area contributed by atoms with Crippen molar-refractivity contribution in [1.82, 2.24) is 4.90 Å². The van der Waals surface area contributed by atoms with Gasteiger partial charge in [-0.15, -0.1) is 0 Å². The fourth-order valence-corrected chi connectivity index (χ4v) is 1.55. The summed E-state index contributed by atoms with van der Waals surface area (Å²) >= 11 is 0. The number of hydrogen-bond acceptors (Lipinski definition) is 4. The molecule has 15 heavy (non-hydrogen) atoms. The molecular formula is C11H26N2O2. The Kier molecular flexibility index (Phi) is 7.96. The van der Waals surface area contributed by atoms with E-state index in [1.165, 1.54) is 0 Å². The van der Waals surface area contributed by atoms with E-state index < -0.39 is 0 Å². The minimum absolute atomic E-state index is 0.0526. The van der Waals surface area contributed by atoms with E-state index in [0.717, 1.165) is 32.7 Å². The lowest BCUT2D eigenvalue weighted by Gasteiger charge is -2.40. The van der Waals surface area contributed by atoms with Gasteiger partial charge in [0.05, 0.1) is 13.2 Å². The van der Waals surface area contributed by atoms with E-state index in [1.807, 2.05) is 0 Å². The SMILES string of the molecule is CCC(C)(CN)N(CCOC)CCOC. The Balaban J connectivity index is 4.29. The van der Waals surface area contributed by atoms with Crippen LogP contribution in [-0.4, -0.2) is 57.5 Å². The van der Waals surface area contributed by atoms with Crippen LogP contribution in [0.1, 0.15) is 20.3 Å². The molecule has 0 aliphatic rings. The van der Waals surface area contributed by atoms with E-state index in [9.17, 15) is 0 Å². The standard InChI is InChI=1S/C11H26N2O2/c1-5-11(2,10-12)13(6-8-14-3)7-9-15-4/h5-10,12H2,1-4H3. The van der Waals surface area contributed by atoms with Crippen molar-refractivity contribution in [2.24, 2.45) is 5.73 Å². The Morgan fingerprint density at radius 3 is 1.87 bits per heavy atom. The summed E-state index contributed by atoms with van der Waals surface area (Å²) in [4.78, 5) is 2.35. The molecule has 0 aromatic carbocycles. The van der Waals surface area contributed by atoms with Crippen molar-refractivity contribution < 1.29 is 9.47 Å². The summed E-state index contributed by atoms with van der Waals surface area (Å²) in [5.41, 5.74) is 5.89. The molecular weight excluding hydrogens is 192 g/mol. The van der Waals surface area contributed by atoms with Gasteiger partial charge in [-0.3, -0.25) is 4.90 Å². The molecule has 0 rings (SSSR count). The predicted molar refractivity (Wildman–Crippen MR) is 63.1 cm³/mol. The Morgan fingerprint density at radius 1 is 1.13 bits per heavy atom. The molecule has 0 saturated heterocycles. The van der Waals surface area contributed by atoms with E-state index in [-0.39, 0.29) is 5.54 Å². The van der Waals surface area contributed by atoms with E-state index in [2.05, 4.69) is 18.7 Å². The number of nitrogens with two attached hydrogens (primary N) is 1. The van der Waals surface area contributed by atoms with Crippen molar-refractivity contribution in [3.63, 3.8) is 0 Å². The van der Waals surface area contributed by atoms with Gasteiger partial charge in [0.2, 0.25) is 0 Å². The maximum absolute atomic E-state index is 5.84. The number of hydrogen-bond donors (Lipinski definition) is 1. The Labute approximate surface area is 93.7 Å². The van der Waals surface area contributed by atoms with Crippen LogP contribution in [0, 0.1) is 0 Å². The molecule has 0 heterocycles. The summed E-state index contributed by atoms with van der Waals surface area (Å²) in [7, 11) is 3.44. The molecule has 0 fully saturated rings. The molecule has 92 valence electrons. The zero-order valence-corrected chi connectivity index (χ0v) is 10.6. The first kappa shape index (κ1) is 14.8. The van der Waals surface area contributed by atoms with E-state index in [4.69, 9.17) is 15.2 Å². The van der Waals surface area contributed by atoms with Gasteiger partial charge in [-0.1, -0.05) is 6.92 Å². The average molecular weight is 218 g/mol. The highest BCUT2D eigenvalue weighted by Gasteiger charge is 2.27. The molecule has 0 spiro atoms. The largest absolute Gasteiger partial charge is 0.383 e. The quantitative estimate of drug-likeness (QED) is 0.619. The Hall–Kier alpha value is -0.160.